The summed E-state index contributed by atoms with van der Waals surface area (Å²) < 4.78 is 13.0. The Bertz CT molecular complexity index is 1370. The van der Waals surface area contributed by atoms with Crippen LogP contribution in [0.3, 0.4) is 0 Å². The molecule has 37 heavy (non-hydrogen) atoms. The quantitative estimate of drug-likeness (QED) is 0.300. The number of morpholine rings is 1. The molecule has 9 heteroatoms. The van der Waals surface area contributed by atoms with Gasteiger partial charge in [0.05, 0.1) is 37.1 Å². The van der Waals surface area contributed by atoms with Crippen molar-refractivity contribution < 1.29 is 24.2 Å². The molecule has 4 heterocycles. The molecule has 2 saturated heterocycles. The maximum absolute atomic E-state index is 13.5. The van der Waals surface area contributed by atoms with E-state index in [9.17, 15) is 14.7 Å². The Labute approximate surface area is 215 Å². The summed E-state index contributed by atoms with van der Waals surface area (Å²) in [5, 5.41) is 11.6. The number of aromatic nitrogens is 2. The smallest absolute Gasteiger partial charge is 0.295 e. The highest BCUT2D eigenvalue weighted by Crippen LogP contribution is 2.40. The van der Waals surface area contributed by atoms with Crippen LogP contribution in [0, 0.1) is 13.8 Å². The summed E-state index contributed by atoms with van der Waals surface area (Å²) in [7, 11) is 0. The molecule has 3 aromatic rings. The number of aryl methyl sites for hydroxylation is 2. The Morgan fingerprint density at radius 2 is 1.92 bits per heavy atom. The third-order valence-electron chi connectivity index (χ3n) is 7.09. The molecule has 0 radical (unpaired) electrons. The van der Waals surface area contributed by atoms with Crippen molar-refractivity contribution in [2.45, 2.75) is 26.8 Å². The van der Waals surface area contributed by atoms with E-state index in [-0.39, 0.29) is 11.3 Å². The van der Waals surface area contributed by atoms with Gasteiger partial charge in [-0.2, -0.15) is 0 Å². The Morgan fingerprint density at radius 1 is 1.14 bits per heavy atom. The van der Waals surface area contributed by atoms with Crippen molar-refractivity contribution in [1.82, 2.24) is 19.2 Å². The van der Waals surface area contributed by atoms with E-state index in [0.717, 1.165) is 18.7 Å². The lowest BCUT2D eigenvalue weighted by Crippen LogP contribution is -2.42. The number of ether oxygens (including phenoxy) is 2. The lowest BCUT2D eigenvalue weighted by molar-refractivity contribution is -0.140. The van der Waals surface area contributed by atoms with Crippen molar-refractivity contribution in [2.75, 3.05) is 46.0 Å². The Kier molecular flexibility index (Phi) is 6.99. The summed E-state index contributed by atoms with van der Waals surface area (Å²) in [6.45, 7) is 9.94. The number of amides is 1. The first-order chi connectivity index (χ1) is 17.9. The molecule has 9 nitrogen and oxygen atoms in total. The van der Waals surface area contributed by atoms with Gasteiger partial charge in [0.1, 0.15) is 17.1 Å². The summed E-state index contributed by atoms with van der Waals surface area (Å²) in [6.07, 6.45) is 1.87. The predicted octanol–water partition coefficient (Wildman–Crippen LogP) is 3.10. The molecular weight excluding hydrogens is 472 g/mol. The monoisotopic (exact) mass is 504 g/mol. The standard InChI is InChI=1S/C28H32N4O5/c1-4-37-21-9-5-8-20(17-21)24-22(25(33)23-19(3)31-10-6-7-18(2)27(31)29-23)26(34)28(35)32(24)12-11-30-13-15-36-16-14-30/h5-10,17,24,33H,4,11-16H2,1-3H3/b25-22+. The summed E-state index contributed by atoms with van der Waals surface area (Å²) in [5.74, 6) is -0.961. The first-order valence-corrected chi connectivity index (χ1v) is 12.7. The topological polar surface area (TPSA) is 96.6 Å². The predicted molar refractivity (Wildman–Crippen MR) is 139 cm³/mol. The first kappa shape index (κ1) is 25.0. The van der Waals surface area contributed by atoms with Gasteiger partial charge in [-0.1, -0.05) is 18.2 Å². The number of Topliss-reactive ketones (excluding diaryl/α,β-unsaturated/α-hetero) is 1. The number of nitrogens with zero attached hydrogens (tertiary/aromatic N) is 4. The molecular formula is C28H32N4O5. The average Bonchev–Trinajstić information content (AvgIpc) is 3.38. The van der Waals surface area contributed by atoms with Crippen molar-refractivity contribution in [3.8, 4) is 5.75 Å². The normalized spacial score (nSPS) is 20.2. The number of aliphatic hydroxyl groups excluding tert-OH is 1. The van der Waals surface area contributed by atoms with Gasteiger partial charge in [-0.05, 0) is 50.1 Å². The zero-order valence-corrected chi connectivity index (χ0v) is 21.4. The first-order valence-electron chi connectivity index (χ1n) is 12.7. The molecule has 1 aromatic carbocycles. The summed E-state index contributed by atoms with van der Waals surface area (Å²) >= 11 is 0. The van der Waals surface area contributed by atoms with E-state index in [1.807, 2.05) is 67.8 Å². The van der Waals surface area contributed by atoms with E-state index in [2.05, 4.69) is 9.88 Å². The number of pyridine rings is 1. The van der Waals surface area contributed by atoms with Gasteiger partial charge in [0.2, 0.25) is 0 Å². The number of rotatable bonds is 7. The van der Waals surface area contributed by atoms with Crippen molar-refractivity contribution in [3.05, 3.63) is 70.7 Å². The van der Waals surface area contributed by atoms with Crippen LogP contribution in [0.2, 0.25) is 0 Å². The Morgan fingerprint density at radius 3 is 2.65 bits per heavy atom. The second-order valence-electron chi connectivity index (χ2n) is 9.38. The number of fused-ring (bicyclic) bond motifs is 1. The minimum absolute atomic E-state index is 0.0461. The minimum atomic E-state index is -0.758. The molecule has 0 bridgehead atoms. The average molecular weight is 505 g/mol. The van der Waals surface area contributed by atoms with Crippen molar-refractivity contribution in [2.24, 2.45) is 0 Å². The Hall–Kier alpha value is -3.69. The number of ketones is 1. The van der Waals surface area contributed by atoms with Gasteiger partial charge < -0.3 is 23.9 Å². The van der Waals surface area contributed by atoms with Gasteiger partial charge in [-0.25, -0.2) is 4.98 Å². The van der Waals surface area contributed by atoms with Gasteiger partial charge >= 0.3 is 0 Å². The lowest BCUT2D eigenvalue weighted by atomic mass is 9.96. The van der Waals surface area contributed by atoms with Crippen LogP contribution in [0.5, 0.6) is 5.75 Å². The fraction of sp³-hybridized carbons (Fsp3) is 0.393. The number of hydrogen-bond acceptors (Lipinski definition) is 7. The van der Waals surface area contributed by atoms with E-state index in [0.29, 0.717) is 61.3 Å². The van der Waals surface area contributed by atoms with E-state index < -0.39 is 17.7 Å². The van der Waals surface area contributed by atoms with Crippen LogP contribution in [0.4, 0.5) is 0 Å². The van der Waals surface area contributed by atoms with Crippen LogP contribution in [-0.2, 0) is 14.3 Å². The zero-order valence-electron chi connectivity index (χ0n) is 21.4. The third kappa shape index (κ3) is 4.60. The van der Waals surface area contributed by atoms with Gasteiger partial charge in [0.25, 0.3) is 11.7 Å². The number of carbonyl (C=O) groups excluding carboxylic acids is 2. The molecule has 2 aromatic heterocycles. The molecule has 0 saturated carbocycles. The Balaban J connectivity index is 1.61. The highest BCUT2D eigenvalue weighted by Gasteiger charge is 2.46. The van der Waals surface area contributed by atoms with Crippen LogP contribution in [0.1, 0.15) is 35.5 Å². The number of carbonyl (C=O) groups is 2. The summed E-state index contributed by atoms with van der Waals surface area (Å²) in [4.78, 5) is 35.3. The second kappa shape index (κ2) is 10.4. The molecule has 2 fully saturated rings. The summed E-state index contributed by atoms with van der Waals surface area (Å²) in [5.41, 5.74) is 3.37. The van der Waals surface area contributed by atoms with Crippen molar-refractivity contribution in [3.63, 3.8) is 0 Å². The SMILES string of the molecule is CCOc1cccc(C2/C(=C(\O)c3nc4c(C)cccn4c3C)C(=O)C(=O)N2CCN2CCOCC2)c1. The van der Waals surface area contributed by atoms with Gasteiger partial charge in [0, 0.05) is 32.4 Å². The fourth-order valence-electron chi connectivity index (χ4n) is 5.15. The minimum Gasteiger partial charge on any atom is -0.505 e. The third-order valence-corrected chi connectivity index (χ3v) is 7.09. The summed E-state index contributed by atoms with van der Waals surface area (Å²) in [6, 6.07) is 10.4. The number of imidazole rings is 1. The molecule has 194 valence electrons. The van der Waals surface area contributed by atoms with E-state index in [1.165, 1.54) is 0 Å². The highest BCUT2D eigenvalue weighted by molar-refractivity contribution is 6.46. The number of aliphatic hydroxyl groups is 1. The fourth-order valence-corrected chi connectivity index (χ4v) is 5.15. The maximum atomic E-state index is 13.5. The van der Waals surface area contributed by atoms with Crippen LogP contribution >= 0.6 is 0 Å². The molecule has 0 spiro atoms. The molecule has 1 amide bonds. The van der Waals surface area contributed by atoms with Gasteiger partial charge in [-0.15, -0.1) is 0 Å². The molecule has 1 unspecified atom stereocenters. The van der Waals surface area contributed by atoms with Crippen molar-refractivity contribution >= 4 is 23.1 Å². The molecule has 1 atom stereocenters. The second-order valence-corrected chi connectivity index (χ2v) is 9.38. The number of benzene rings is 1. The van der Waals surface area contributed by atoms with E-state index in [4.69, 9.17) is 9.47 Å². The van der Waals surface area contributed by atoms with Crippen molar-refractivity contribution in [1.29, 1.82) is 0 Å². The van der Waals surface area contributed by atoms with Crippen LogP contribution < -0.4 is 4.74 Å². The van der Waals surface area contributed by atoms with Gasteiger partial charge in [-0.3, -0.25) is 14.5 Å². The molecule has 2 aliphatic heterocycles. The highest BCUT2D eigenvalue weighted by atomic mass is 16.5. The number of likely N-dealkylation sites (tertiary alicyclic amines) is 1. The van der Waals surface area contributed by atoms with E-state index >= 15 is 0 Å². The zero-order chi connectivity index (χ0) is 26.1. The van der Waals surface area contributed by atoms with E-state index in [1.54, 1.807) is 4.90 Å². The van der Waals surface area contributed by atoms with Crippen LogP contribution in [-0.4, -0.2) is 82.0 Å². The maximum Gasteiger partial charge on any atom is 0.295 e. The number of hydrogen-bond donors (Lipinski definition) is 1. The molecule has 5 rings (SSSR count). The molecule has 0 aliphatic carbocycles. The van der Waals surface area contributed by atoms with Gasteiger partial charge in [0.15, 0.2) is 5.76 Å². The molecule has 2 aliphatic rings. The largest absolute Gasteiger partial charge is 0.505 e. The molecule has 1 N–H and O–H groups in total. The van der Waals surface area contributed by atoms with Crippen LogP contribution in [0.25, 0.3) is 11.4 Å². The lowest BCUT2D eigenvalue weighted by Gasteiger charge is -2.31. The van der Waals surface area contributed by atoms with Crippen LogP contribution in [0.15, 0.2) is 48.2 Å².